The molecule has 17 heavy (non-hydrogen) atoms. The standard InChI is InChI=1S/C13H19NO3/c1-9(14)4-7-12(15)11-6-5-10(16-2)8-13(11)17-3/h5-6,8-9H,4,7,14H2,1-3H3. The van der Waals surface area contributed by atoms with Crippen molar-refractivity contribution >= 4 is 5.78 Å². The molecule has 1 unspecified atom stereocenters. The van der Waals surface area contributed by atoms with Crippen molar-refractivity contribution in [3.05, 3.63) is 23.8 Å². The van der Waals surface area contributed by atoms with Crippen molar-refractivity contribution < 1.29 is 14.3 Å². The first kappa shape index (κ1) is 13.5. The summed E-state index contributed by atoms with van der Waals surface area (Å²) < 4.78 is 10.3. The first-order valence-electron chi connectivity index (χ1n) is 5.59. The number of methoxy groups -OCH3 is 2. The lowest BCUT2D eigenvalue weighted by atomic mass is 10.0. The lowest BCUT2D eigenvalue weighted by Crippen LogP contribution is -2.16. The van der Waals surface area contributed by atoms with Crippen LogP contribution in [0.15, 0.2) is 18.2 Å². The molecule has 4 nitrogen and oxygen atoms in total. The molecule has 1 atom stereocenters. The van der Waals surface area contributed by atoms with Gasteiger partial charge in [-0.3, -0.25) is 4.79 Å². The number of nitrogens with two attached hydrogens (primary N) is 1. The number of Topliss-reactive ketones (excluding diaryl/α,β-unsaturated/α-hetero) is 1. The summed E-state index contributed by atoms with van der Waals surface area (Å²) >= 11 is 0. The van der Waals surface area contributed by atoms with Gasteiger partial charge in [0, 0.05) is 18.5 Å². The number of ketones is 1. The van der Waals surface area contributed by atoms with Crippen molar-refractivity contribution in [2.24, 2.45) is 5.73 Å². The highest BCUT2D eigenvalue weighted by Crippen LogP contribution is 2.25. The Morgan fingerprint density at radius 2 is 2.06 bits per heavy atom. The normalized spacial score (nSPS) is 12.0. The van der Waals surface area contributed by atoms with Crippen LogP contribution in [0.5, 0.6) is 11.5 Å². The van der Waals surface area contributed by atoms with Gasteiger partial charge >= 0.3 is 0 Å². The van der Waals surface area contributed by atoms with Crippen LogP contribution >= 0.6 is 0 Å². The van der Waals surface area contributed by atoms with Crippen molar-refractivity contribution in [1.29, 1.82) is 0 Å². The zero-order valence-electron chi connectivity index (χ0n) is 10.5. The number of rotatable bonds is 6. The van der Waals surface area contributed by atoms with E-state index in [0.717, 1.165) is 0 Å². The molecule has 1 rings (SSSR count). The van der Waals surface area contributed by atoms with Crippen LogP contribution in [0, 0.1) is 0 Å². The van der Waals surface area contributed by atoms with E-state index in [-0.39, 0.29) is 11.8 Å². The summed E-state index contributed by atoms with van der Waals surface area (Å²) in [5.74, 6) is 1.26. The second-order valence-corrected chi connectivity index (χ2v) is 4.01. The molecule has 0 saturated heterocycles. The number of carbonyl (C=O) groups excluding carboxylic acids is 1. The molecule has 0 heterocycles. The highest BCUT2D eigenvalue weighted by molar-refractivity contribution is 5.98. The van der Waals surface area contributed by atoms with Crippen LogP contribution < -0.4 is 15.2 Å². The Hall–Kier alpha value is -1.55. The van der Waals surface area contributed by atoms with Crippen LogP contribution in [0.3, 0.4) is 0 Å². The van der Waals surface area contributed by atoms with Gasteiger partial charge in [0.15, 0.2) is 5.78 Å². The molecule has 0 aromatic heterocycles. The van der Waals surface area contributed by atoms with Crippen molar-refractivity contribution in [3.8, 4) is 11.5 Å². The third kappa shape index (κ3) is 3.75. The Morgan fingerprint density at radius 1 is 1.35 bits per heavy atom. The smallest absolute Gasteiger partial charge is 0.166 e. The minimum atomic E-state index is 0.0307. The van der Waals surface area contributed by atoms with Gasteiger partial charge < -0.3 is 15.2 Å². The summed E-state index contributed by atoms with van der Waals surface area (Å²) in [6.45, 7) is 1.89. The number of carbonyl (C=O) groups is 1. The molecule has 0 fully saturated rings. The van der Waals surface area contributed by atoms with Crippen LogP contribution in [0.25, 0.3) is 0 Å². The molecule has 1 aromatic carbocycles. The predicted octanol–water partition coefficient (Wildman–Crippen LogP) is 2.01. The molecule has 1 aromatic rings. The zero-order chi connectivity index (χ0) is 12.8. The summed E-state index contributed by atoms with van der Waals surface area (Å²) in [7, 11) is 3.11. The first-order chi connectivity index (χ1) is 8.08. The Kier molecular flexibility index (Phi) is 4.97. The van der Waals surface area contributed by atoms with E-state index in [1.807, 2.05) is 6.92 Å². The fraction of sp³-hybridized carbons (Fsp3) is 0.462. The van der Waals surface area contributed by atoms with Crippen molar-refractivity contribution in [3.63, 3.8) is 0 Å². The Balaban J connectivity index is 2.85. The van der Waals surface area contributed by atoms with Gasteiger partial charge in [-0.2, -0.15) is 0 Å². The molecule has 4 heteroatoms. The third-order valence-corrected chi connectivity index (χ3v) is 2.54. The predicted molar refractivity (Wildman–Crippen MR) is 66.8 cm³/mol. The first-order valence-corrected chi connectivity index (χ1v) is 5.59. The highest BCUT2D eigenvalue weighted by atomic mass is 16.5. The maximum atomic E-state index is 12.0. The second kappa shape index (κ2) is 6.25. The van der Waals surface area contributed by atoms with Gasteiger partial charge in [-0.25, -0.2) is 0 Å². The van der Waals surface area contributed by atoms with E-state index >= 15 is 0 Å². The van der Waals surface area contributed by atoms with Gasteiger partial charge in [0.05, 0.1) is 19.8 Å². The van der Waals surface area contributed by atoms with Gasteiger partial charge in [0.25, 0.3) is 0 Å². The minimum Gasteiger partial charge on any atom is -0.497 e. The van der Waals surface area contributed by atoms with E-state index in [4.69, 9.17) is 15.2 Å². The second-order valence-electron chi connectivity index (χ2n) is 4.01. The maximum absolute atomic E-state index is 12.0. The summed E-state index contributed by atoms with van der Waals surface area (Å²) in [5.41, 5.74) is 6.21. The molecule has 0 aliphatic carbocycles. The van der Waals surface area contributed by atoms with Crippen LogP contribution in [0.4, 0.5) is 0 Å². The van der Waals surface area contributed by atoms with E-state index in [1.54, 1.807) is 25.3 Å². The largest absolute Gasteiger partial charge is 0.497 e. The lowest BCUT2D eigenvalue weighted by Gasteiger charge is -2.10. The number of hydrogen-bond donors (Lipinski definition) is 1. The topological polar surface area (TPSA) is 61.5 Å². The van der Waals surface area contributed by atoms with E-state index in [1.165, 1.54) is 7.11 Å². The molecular formula is C13H19NO3. The average Bonchev–Trinajstić information content (AvgIpc) is 2.34. The van der Waals surface area contributed by atoms with Gasteiger partial charge in [-0.15, -0.1) is 0 Å². The van der Waals surface area contributed by atoms with Crippen LogP contribution in [-0.4, -0.2) is 26.0 Å². The molecule has 0 bridgehead atoms. The van der Waals surface area contributed by atoms with Gasteiger partial charge in [0.1, 0.15) is 11.5 Å². The summed E-state index contributed by atoms with van der Waals surface area (Å²) in [6, 6.07) is 5.21. The van der Waals surface area contributed by atoms with Gasteiger partial charge in [-0.05, 0) is 25.5 Å². The summed E-state index contributed by atoms with van der Waals surface area (Å²) in [4.78, 5) is 12.0. The Labute approximate surface area is 102 Å². The Bertz CT molecular complexity index is 388. The highest BCUT2D eigenvalue weighted by Gasteiger charge is 2.13. The Morgan fingerprint density at radius 3 is 2.59 bits per heavy atom. The average molecular weight is 237 g/mol. The molecule has 0 aliphatic heterocycles. The summed E-state index contributed by atoms with van der Waals surface area (Å²) in [6.07, 6.45) is 1.11. The lowest BCUT2D eigenvalue weighted by molar-refractivity contribution is 0.0975. The maximum Gasteiger partial charge on any atom is 0.166 e. The molecule has 0 spiro atoms. The fourth-order valence-electron chi connectivity index (χ4n) is 1.52. The van der Waals surface area contributed by atoms with E-state index in [2.05, 4.69) is 0 Å². The molecule has 2 N–H and O–H groups in total. The van der Waals surface area contributed by atoms with Gasteiger partial charge in [-0.1, -0.05) is 0 Å². The molecule has 0 saturated carbocycles. The van der Waals surface area contributed by atoms with Crippen LogP contribution in [0.1, 0.15) is 30.1 Å². The SMILES string of the molecule is COc1ccc(C(=O)CCC(C)N)c(OC)c1. The van der Waals surface area contributed by atoms with Crippen LogP contribution in [-0.2, 0) is 0 Å². The minimum absolute atomic E-state index is 0.0307. The van der Waals surface area contributed by atoms with Crippen molar-refractivity contribution in [2.75, 3.05) is 14.2 Å². The number of benzene rings is 1. The van der Waals surface area contributed by atoms with Crippen molar-refractivity contribution in [1.82, 2.24) is 0 Å². The summed E-state index contributed by atoms with van der Waals surface area (Å²) in [5, 5.41) is 0. The molecule has 94 valence electrons. The van der Waals surface area contributed by atoms with E-state index in [9.17, 15) is 4.79 Å². The van der Waals surface area contributed by atoms with E-state index in [0.29, 0.717) is 29.9 Å². The molecule has 0 amide bonds. The number of hydrogen-bond acceptors (Lipinski definition) is 4. The molecule has 0 aliphatic rings. The fourth-order valence-corrected chi connectivity index (χ4v) is 1.52. The quantitative estimate of drug-likeness (QED) is 0.769. The van der Waals surface area contributed by atoms with Gasteiger partial charge in [0.2, 0.25) is 0 Å². The van der Waals surface area contributed by atoms with Crippen LogP contribution in [0.2, 0.25) is 0 Å². The van der Waals surface area contributed by atoms with E-state index < -0.39 is 0 Å². The molecule has 0 radical (unpaired) electrons. The third-order valence-electron chi connectivity index (χ3n) is 2.54. The number of ether oxygens (including phenoxy) is 2. The van der Waals surface area contributed by atoms with Crippen molar-refractivity contribution in [2.45, 2.75) is 25.8 Å². The molecular weight excluding hydrogens is 218 g/mol. The monoisotopic (exact) mass is 237 g/mol. The zero-order valence-corrected chi connectivity index (χ0v) is 10.5.